The first-order valence-electron chi connectivity index (χ1n) is 12.5. The van der Waals surface area contributed by atoms with Gasteiger partial charge in [-0.3, -0.25) is 19.8 Å². The fourth-order valence-electron chi connectivity index (χ4n) is 4.30. The Bertz CT molecular complexity index is 1100. The molecule has 2 aromatic rings. The van der Waals surface area contributed by atoms with Gasteiger partial charge in [0.25, 0.3) is 0 Å². The predicted molar refractivity (Wildman–Crippen MR) is 145 cm³/mol. The van der Waals surface area contributed by atoms with Gasteiger partial charge >= 0.3 is 6.09 Å². The first-order valence-corrected chi connectivity index (χ1v) is 13.4. The Kier molecular flexibility index (Phi) is 8.71. The average Bonchev–Trinajstić information content (AvgIpc) is 2.88. The fraction of sp³-hybridized carbons (Fsp3) is 0.464. The van der Waals surface area contributed by atoms with Gasteiger partial charge in [-0.25, -0.2) is 4.79 Å². The van der Waals surface area contributed by atoms with Crippen LogP contribution in [0.3, 0.4) is 0 Å². The second kappa shape index (κ2) is 11.4. The molecule has 0 saturated heterocycles. The number of thiol groups is 1. The van der Waals surface area contributed by atoms with E-state index in [1.165, 1.54) is 6.07 Å². The molecule has 0 bridgehead atoms. The molecule has 0 fully saturated rings. The third-order valence-corrected chi connectivity index (χ3v) is 7.36. The lowest BCUT2D eigenvalue weighted by atomic mass is 9.77. The van der Waals surface area contributed by atoms with Crippen molar-refractivity contribution in [2.45, 2.75) is 83.6 Å². The molecule has 195 valence electrons. The number of phenols is 1. The van der Waals surface area contributed by atoms with Crippen LogP contribution < -0.4 is 10.2 Å². The van der Waals surface area contributed by atoms with Crippen molar-refractivity contribution >= 4 is 45.9 Å². The number of carbonyl (C=O) groups is 3. The maximum atomic E-state index is 14.3. The molecule has 0 unspecified atom stereocenters. The monoisotopic (exact) mass is 513 g/mol. The molecule has 1 radical (unpaired) electrons. The number of hydrogen-bond donors (Lipinski definition) is 3. The molecule has 1 aliphatic rings. The quantitative estimate of drug-likeness (QED) is 0.258. The number of amides is 2. The molecule has 0 atom stereocenters. The van der Waals surface area contributed by atoms with Crippen molar-refractivity contribution in [3.8, 4) is 5.75 Å². The van der Waals surface area contributed by atoms with Gasteiger partial charge in [-0.05, 0) is 76.1 Å². The van der Waals surface area contributed by atoms with E-state index in [9.17, 15) is 19.5 Å². The van der Waals surface area contributed by atoms with Gasteiger partial charge in [-0.15, -0.1) is 11.8 Å². The predicted octanol–water partition coefficient (Wildman–Crippen LogP) is 7.14. The maximum absolute atomic E-state index is 14.3. The van der Waals surface area contributed by atoms with Gasteiger partial charge < -0.3 is 9.84 Å². The Morgan fingerprint density at radius 2 is 1.64 bits per heavy atom. The number of nitrogens with one attached hydrogen (secondary N) is 1. The van der Waals surface area contributed by atoms with Crippen LogP contribution in [0.1, 0.15) is 73.1 Å². The third kappa shape index (κ3) is 6.22. The Hall–Kier alpha value is -3.00. The van der Waals surface area contributed by atoms with Crippen LogP contribution in [0.2, 0.25) is 0 Å². The molecule has 2 amide bonds. The lowest BCUT2D eigenvalue weighted by Gasteiger charge is -2.34. The van der Waals surface area contributed by atoms with E-state index in [0.717, 1.165) is 25.7 Å². The number of aromatic hydroxyl groups is 1. The van der Waals surface area contributed by atoms with Gasteiger partial charge in [0, 0.05) is 16.3 Å². The van der Waals surface area contributed by atoms with E-state index < -0.39 is 17.1 Å². The number of ether oxygens (including phenoxy) is 1. The van der Waals surface area contributed by atoms with Crippen LogP contribution in [0.5, 0.6) is 5.75 Å². The Morgan fingerprint density at radius 1 is 1.03 bits per heavy atom. The Morgan fingerprint density at radius 3 is 2.19 bits per heavy atom. The Labute approximate surface area is 217 Å². The number of phenolic OH excluding ortho intramolecular Hbond substituents is 1. The molecule has 0 aromatic heterocycles. The average molecular weight is 514 g/mol. The highest BCUT2D eigenvalue weighted by Gasteiger charge is 2.49. The summed E-state index contributed by atoms with van der Waals surface area (Å²) in [7, 11) is 0. The summed E-state index contributed by atoms with van der Waals surface area (Å²) >= 11 is 0.410. The summed E-state index contributed by atoms with van der Waals surface area (Å²) in [4.78, 5) is 42.4. The molecule has 2 aromatic carbocycles. The molecule has 8 heteroatoms. The number of benzene rings is 2. The fourth-order valence-corrected chi connectivity index (χ4v) is 5.54. The van der Waals surface area contributed by atoms with Crippen LogP contribution in [0.25, 0.3) is 0 Å². The molecule has 36 heavy (non-hydrogen) atoms. The molecular formula is C28H37N2O5S. The van der Waals surface area contributed by atoms with Crippen LogP contribution in [-0.2, 0) is 14.3 Å². The van der Waals surface area contributed by atoms with Crippen molar-refractivity contribution in [3.05, 3.63) is 42.5 Å². The SMILES string of the molecule is CCCCC1(CCCC)C(=O)[SH]c2cc(O)ccc2N(c2ccc(NC(=O)OC(C)(C)C)cc2)C1=O. The molecule has 1 aliphatic heterocycles. The van der Waals surface area contributed by atoms with Gasteiger partial charge in [-0.2, -0.15) is 0 Å². The standard InChI is InChI=1S/C28H37N2O5S/c1-6-8-16-28(17-9-7-2)24(32)30(22-15-14-21(31)18-23(22)36-25(28)33)20-12-10-19(11-13-20)29-26(34)35-27(3,4)5/h10-15,18,31,36H,6-9,16-17H2,1-5H3,(H,29,34). The molecule has 7 nitrogen and oxygen atoms in total. The first kappa shape index (κ1) is 27.6. The molecule has 3 rings (SSSR count). The number of rotatable bonds is 8. The number of nitrogens with zero attached hydrogens (tertiary/aromatic N) is 1. The lowest BCUT2D eigenvalue weighted by Crippen LogP contribution is -2.45. The summed E-state index contributed by atoms with van der Waals surface area (Å²) in [5.74, 6) is -0.188. The van der Waals surface area contributed by atoms with E-state index in [1.54, 1.807) is 62.1 Å². The van der Waals surface area contributed by atoms with Crippen molar-refractivity contribution in [1.82, 2.24) is 0 Å². The topological polar surface area (TPSA) is 95.9 Å². The van der Waals surface area contributed by atoms with Gasteiger partial charge in [0.1, 0.15) is 16.8 Å². The Balaban J connectivity index is 2.05. The second-order valence-electron chi connectivity index (χ2n) is 10.2. The smallest absolute Gasteiger partial charge is 0.412 e. The molecule has 0 spiro atoms. The highest BCUT2D eigenvalue weighted by molar-refractivity contribution is 8.14. The summed E-state index contributed by atoms with van der Waals surface area (Å²) in [6.45, 7) is 9.48. The van der Waals surface area contributed by atoms with E-state index in [0.29, 0.717) is 46.6 Å². The van der Waals surface area contributed by atoms with Crippen molar-refractivity contribution in [2.24, 2.45) is 5.41 Å². The van der Waals surface area contributed by atoms with E-state index in [2.05, 4.69) is 19.2 Å². The largest absolute Gasteiger partial charge is 0.508 e. The minimum Gasteiger partial charge on any atom is -0.508 e. The lowest BCUT2D eigenvalue weighted by molar-refractivity contribution is -0.136. The summed E-state index contributed by atoms with van der Waals surface area (Å²) in [5, 5.41) is 12.7. The summed E-state index contributed by atoms with van der Waals surface area (Å²) in [6.07, 6.45) is 3.71. The zero-order valence-corrected chi connectivity index (χ0v) is 22.7. The summed E-state index contributed by atoms with van der Waals surface area (Å²) < 4.78 is 5.32. The minimum absolute atomic E-state index is 0.0491. The van der Waals surface area contributed by atoms with Gasteiger partial charge in [0.2, 0.25) is 5.91 Å². The highest BCUT2D eigenvalue weighted by atomic mass is 32.2. The number of fused-ring (bicyclic) bond motifs is 1. The minimum atomic E-state index is -1.13. The van der Waals surface area contributed by atoms with Gasteiger partial charge in [-0.1, -0.05) is 39.5 Å². The second-order valence-corrected chi connectivity index (χ2v) is 11.3. The third-order valence-electron chi connectivity index (χ3n) is 6.13. The van der Waals surface area contributed by atoms with Crippen molar-refractivity contribution in [1.29, 1.82) is 0 Å². The summed E-state index contributed by atoms with van der Waals surface area (Å²) in [5.41, 5.74) is -0.0578. The molecule has 0 aliphatic carbocycles. The van der Waals surface area contributed by atoms with Gasteiger partial charge in [0.15, 0.2) is 5.12 Å². The molecule has 0 saturated carbocycles. The van der Waals surface area contributed by atoms with E-state index >= 15 is 0 Å². The molecular weight excluding hydrogens is 476 g/mol. The van der Waals surface area contributed by atoms with Crippen molar-refractivity contribution in [3.63, 3.8) is 0 Å². The van der Waals surface area contributed by atoms with Crippen LogP contribution >= 0.6 is 11.8 Å². The zero-order chi connectivity index (χ0) is 26.5. The number of hydrogen-bond acceptors (Lipinski definition) is 5. The zero-order valence-electron chi connectivity index (χ0n) is 21.8. The number of carbonyl (C=O) groups excluding carboxylic acids is 3. The highest BCUT2D eigenvalue weighted by Crippen LogP contribution is 2.49. The van der Waals surface area contributed by atoms with E-state index in [1.807, 2.05) is 0 Å². The maximum Gasteiger partial charge on any atom is 0.412 e. The molecule has 2 N–H and O–H groups in total. The number of anilines is 3. The van der Waals surface area contributed by atoms with Crippen LogP contribution in [0.4, 0.5) is 21.9 Å². The van der Waals surface area contributed by atoms with Crippen molar-refractivity contribution in [2.75, 3.05) is 10.2 Å². The number of unbranched alkanes of at least 4 members (excludes halogenated alkanes) is 2. The van der Waals surface area contributed by atoms with Crippen LogP contribution in [0, 0.1) is 5.41 Å². The van der Waals surface area contributed by atoms with E-state index in [-0.39, 0.29) is 16.8 Å². The first-order chi connectivity index (χ1) is 17.0. The van der Waals surface area contributed by atoms with Crippen LogP contribution in [0.15, 0.2) is 47.4 Å². The normalized spacial score (nSPS) is 15.3. The summed E-state index contributed by atoms with van der Waals surface area (Å²) in [6, 6.07) is 11.7. The van der Waals surface area contributed by atoms with Crippen LogP contribution in [-0.4, -0.2) is 27.8 Å². The van der Waals surface area contributed by atoms with E-state index in [4.69, 9.17) is 4.74 Å². The van der Waals surface area contributed by atoms with Gasteiger partial charge in [0.05, 0.1) is 5.69 Å². The molecule has 1 heterocycles. The van der Waals surface area contributed by atoms with Crippen molar-refractivity contribution < 1.29 is 24.2 Å².